The van der Waals surface area contributed by atoms with E-state index < -0.39 is 34.5 Å². The predicted molar refractivity (Wildman–Crippen MR) is 212 cm³/mol. The summed E-state index contributed by atoms with van der Waals surface area (Å²) in [6.45, 7) is 12.7. The van der Waals surface area contributed by atoms with Crippen LogP contribution in [0.1, 0.15) is 99.5 Å². The van der Waals surface area contributed by atoms with Gasteiger partial charge in [-0.25, -0.2) is 14.3 Å². The summed E-state index contributed by atoms with van der Waals surface area (Å²) in [5.74, 6) is -2.37. The smallest absolute Gasteiger partial charge is 0.206 e. The van der Waals surface area contributed by atoms with Crippen LogP contribution in [0.4, 0.5) is 0 Å². The molecular weight excluding hydrogens is 725 g/mol. The van der Waals surface area contributed by atoms with E-state index in [9.17, 15) is 30.6 Å². The third-order valence-corrected chi connectivity index (χ3v) is 11.8. The SMILES string of the molecule is Cc1csc(=NC2CCC(CC(C)(C)c3csc(=NC(C)C(C)C)n3/N=C/c3ccc(O)c(O)c3O)c3ccccc32)n1/N=C/c1ccc(O)c(O)c1O. The number of rotatable bonds is 10. The molecule has 1 aliphatic carbocycles. The summed E-state index contributed by atoms with van der Waals surface area (Å²) in [4.78, 5) is 11.6. The van der Waals surface area contributed by atoms with Crippen LogP contribution in [-0.2, 0) is 5.41 Å². The molecule has 284 valence electrons. The Labute approximate surface area is 321 Å². The van der Waals surface area contributed by atoms with Gasteiger partial charge in [0.1, 0.15) is 0 Å². The third kappa shape index (κ3) is 7.80. The summed E-state index contributed by atoms with van der Waals surface area (Å²) in [5.41, 5.74) is 4.38. The molecule has 6 rings (SSSR count). The minimum atomic E-state index is -0.597. The van der Waals surface area contributed by atoms with Gasteiger partial charge >= 0.3 is 0 Å². The monoisotopic (exact) mass is 770 g/mol. The van der Waals surface area contributed by atoms with Crippen molar-refractivity contribution in [2.75, 3.05) is 0 Å². The molecule has 0 spiro atoms. The molecule has 2 aromatic heterocycles. The molecule has 0 bridgehead atoms. The highest BCUT2D eigenvalue weighted by Crippen LogP contribution is 2.45. The topological polar surface area (TPSA) is 181 Å². The summed E-state index contributed by atoms with van der Waals surface area (Å²) in [7, 11) is 0. The largest absolute Gasteiger partial charge is 0.504 e. The molecule has 2 heterocycles. The zero-order valence-electron chi connectivity index (χ0n) is 31.0. The van der Waals surface area contributed by atoms with E-state index >= 15 is 0 Å². The molecule has 14 heteroatoms. The molecular formula is C40H46N6O6S2. The molecule has 0 fully saturated rings. The van der Waals surface area contributed by atoms with Gasteiger partial charge in [0.25, 0.3) is 0 Å². The Balaban J connectivity index is 1.32. The highest BCUT2D eigenvalue weighted by Gasteiger charge is 2.34. The average molecular weight is 771 g/mol. The van der Waals surface area contributed by atoms with E-state index in [4.69, 9.17) is 15.1 Å². The number of aromatic nitrogens is 2. The van der Waals surface area contributed by atoms with Crippen molar-refractivity contribution in [1.82, 2.24) is 9.35 Å². The van der Waals surface area contributed by atoms with Gasteiger partial charge in [0, 0.05) is 27.3 Å². The lowest BCUT2D eigenvalue weighted by Crippen LogP contribution is -2.29. The lowest BCUT2D eigenvalue weighted by atomic mass is 9.71. The van der Waals surface area contributed by atoms with E-state index in [-0.39, 0.29) is 34.5 Å². The van der Waals surface area contributed by atoms with Gasteiger partial charge in [-0.1, -0.05) is 52.0 Å². The number of phenolic OH excluding ortho intramolecular Hbond substituents is 6. The highest BCUT2D eigenvalue weighted by molar-refractivity contribution is 7.07. The van der Waals surface area contributed by atoms with Crippen molar-refractivity contribution in [3.05, 3.63) is 103 Å². The molecule has 0 radical (unpaired) electrons. The maximum atomic E-state index is 10.5. The van der Waals surface area contributed by atoms with E-state index in [1.807, 2.05) is 23.0 Å². The number of thiazole rings is 2. The first kappa shape index (κ1) is 38.4. The number of fused-ring (bicyclic) bond motifs is 1. The maximum Gasteiger partial charge on any atom is 0.206 e. The van der Waals surface area contributed by atoms with Gasteiger partial charge in [0.15, 0.2) is 23.0 Å². The summed E-state index contributed by atoms with van der Waals surface area (Å²) < 4.78 is 3.54. The zero-order valence-corrected chi connectivity index (χ0v) is 32.7. The van der Waals surface area contributed by atoms with Gasteiger partial charge in [-0.2, -0.15) is 10.2 Å². The van der Waals surface area contributed by atoms with Crippen LogP contribution in [0.15, 0.2) is 79.5 Å². The fourth-order valence-corrected chi connectivity index (χ4v) is 8.53. The number of hydrogen-bond acceptors (Lipinski definition) is 12. The second-order valence-corrected chi connectivity index (χ2v) is 16.3. The van der Waals surface area contributed by atoms with Gasteiger partial charge in [0.05, 0.1) is 35.9 Å². The van der Waals surface area contributed by atoms with E-state index in [1.54, 1.807) is 4.68 Å². The van der Waals surface area contributed by atoms with Gasteiger partial charge in [-0.15, -0.1) is 22.7 Å². The number of phenols is 6. The Bertz CT molecular complexity index is 2370. The Morgan fingerprint density at radius 2 is 1.31 bits per heavy atom. The lowest BCUT2D eigenvalue weighted by molar-refractivity contribution is 0.361. The van der Waals surface area contributed by atoms with Crippen molar-refractivity contribution < 1.29 is 30.6 Å². The van der Waals surface area contributed by atoms with E-state index in [1.165, 1.54) is 64.9 Å². The summed E-state index contributed by atoms with van der Waals surface area (Å²) in [5, 5.41) is 73.8. The molecule has 0 amide bonds. The van der Waals surface area contributed by atoms with Crippen LogP contribution in [0.2, 0.25) is 0 Å². The minimum Gasteiger partial charge on any atom is -0.504 e. The molecule has 0 saturated heterocycles. The molecule has 0 saturated carbocycles. The van der Waals surface area contributed by atoms with Crippen molar-refractivity contribution in [2.24, 2.45) is 26.1 Å². The summed E-state index contributed by atoms with van der Waals surface area (Å²) >= 11 is 2.99. The van der Waals surface area contributed by atoms with Crippen molar-refractivity contribution in [1.29, 1.82) is 0 Å². The molecule has 12 nitrogen and oxygen atoms in total. The number of nitrogens with zero attached hydrogens (tertiary/aromatic N) is 6. The Hall–Kier alpha value is -5.34. The minimum absolute atomic E-state index is 0.0444. The van der Waals surface area contributed by atoms with Crippen molar-refractivity contribution in [3.8, 4) is 34.5 Å². The fourth-order valence-electron chi connectivity index (χ4n) is 6.57. The van der Waals surface area contributed by atoms with Crippen LogP contribution in [0.5, 0.6) is 34.5 Å². The molecule has 5 aromatic rings. The van der Waals surface area contributed by atoms with Gasteiger partial charge in [-0.05, 0) is 80.3 Å². The molecule has 3 atom stereocenters. The van der Waals surface area contributed by atoms with Gasteiger partial charge in [-0.3, -0.25) is 4.99 Å². The Morgan fingerprint density at radius 3 is 1.93 bits per heavy atom. The van der Waals surface area contributed by atoms with Crippen LogP contribution in [-0.4, -0.2) is 58.5 Å². The molecule has 54 heavy (non-hydrogen) atoms. The van der Waals surface area contributed by atoms with E-state index in [0.29, 0.717) is 10.7 Å². The quantitative estimate of drug-likeness (QED) is 0.0630. The lowest BCUT2D eigenvalue weighted by Gasteiger charge is -2.35. The average Bonchev–Trinajstić information content (AvgIpc) is 3.72. The first-order valence-corrected chi connectivity index (χ1v) is 19.5. The molecule has 0 aliphatic heterocycles. The molecule has 1 aliphatic rings. The predicted octanol–water partition coefficient (Wildman–Crippen LogP) is 7.55. The first-order chi connectivity index (χ1) is 25.7. The second-order valence-electron chi connectivity index (χ2n) is 14.7. The van der Waals surface area contributed by atoms with Crippen molar-refractivity contribution in [2.45, 2.75) is 84.2 Å². The van der Waals surface area contributed by atoms with Crippen LogP contribution in [0.25, 0.3) is 0 Å². The fraction of sp³-hybridized carbons (Fsp3) is 0.350. The Kier molecular flexibility index (Phi) is 11.1. The van der Waals surface area contributed by atoms with Crippen molar-refractivity contribution in [3.63, 3.8) is 0 Å². The first-order valence-electron chi connectivity index (χ1n) is 17.8. The van der Waals surface area contributed by atoms with Crippen LogP contribution >= 0.6 is 22.7 Å². The maximum absolute atomic E-state index is 10.5. The van der Waals surface area contributed by atoms with Gasteiger partial charge in [0.2, 0.25) is 21.1 Å². The number of aromatic hydroxyl groups is 6. The van der Waals surface area contributed by atoms with Gasteiger partial charge < -0.3 is 30.6 Å². The van der Waals surface area contributed by atoms with Crippen LogP contribution in [0.3, 0.4) is 0 Å². The van der Waals surface area contributed by atoms with E-state index in [2.05, 4.69) is 63.3 Å². The summed E-state index contributed by atoms with van der Waals surface area (Å²) in [6.07, 6.45) is 5.45. The zero-order chi connectivity index (χ0) is 38.9. The highest BCUT2D eigenvalue weighted by atomic mass is 32.1. The second kappa shape index (κ2) is 15.6. The molecule has 3 unspecified atom stereocenters. The number of hydrogen-bond donors (Lipinski definition) is 6. The van der Waals surface area contributed by atoms with Crippen molar-refractivity contribution >= 4 is 35.1 Å². The Morgan fingerprint density at radius 1 is 0.741 bits per heavy atom. The van der Waals surface area contributed by atoms with Crippen LogP contribution in [0, 0.1) is 12.8 Å². The standard InChI is InChI=1S/C40H46N6O6S2/c1-22(2)24(4)43-38-46(42-19-27-13-16-32(48)37(52)35(27)50)33(21-54-38)40(5,6)17-25-11-14-30(29-10-8-7-9-28(25)29)44-39-45(23(3)20-53-39)41-18-26-12-15-31(47)36(51)34(26)49/h7-10,12-13,15-16,18-22,24-25,30,47-52H,11,14,17H2,1-6H3/b41-18+,42-19+,43-38?,44-39?. The number of benzene rings is 3. The summed E-state index contributed by atoms with van der Waals surface area (Å²) in [6, 6.07) is 14.0. The molecule has 3 aromatic carbocycles. The molecule has 6 N–H and O–H groups in total. The van der Waals surface area contributed by atoms with E-state index in [0.717, 1.165) is 41.0 Å². The third-order valence-electron chi connectivity index (χ3n) is 10.1. The number of aryl methyl sites for hydroxylation is 1. The van der Waals surface area contributed by atoms with Crippen LogP contribution < -0.4 is 9.60 Å². The normalized spacial score (nSPS) is 17.6.